The maximum atomic E-state index is 11.9. The van der Waals surface area contributed by atoms with Crippen molar-refractivity contribution in [2.75, 3.05) is 6.54 Å². The average molecular weight is 333 g/mol. The molecule has 0 heterocycles. The molecule has 2 N–H and O–H groups in total. The molecule has 2 rings (SSSR count). The van der Waals surface area contributed by atoms with Crippen molar-refractivity contribution in [2.24, 2.45) is 5.41 Å². The third-order valence-corrected chi connectivity index (χ3v) is 3.99. The molecule has 1 fully saturated rings. The van der Waals surface area contributed by atoms with E-state index in [9.17, 15) is 9.59 Å². The average Bonchev–Trinajstić information content (AvgIpc) is 3.10. The predicted molar refractivity (Wildman–Crippen MR) is 70.8 cm³/mol. The zero-order valence-corrected chi connectivity index (χ0v) is 11.7. The lowest BCUT2D eigenvalue weighted by Gasteiger charge is -2.12. The Balaban J connectivity index is 2.04. The van der Waals surface area contributed by atoms with Gasteiger partial charge in [0.05, 0.1) is 11.0 Å². The molecule has 0 unspecified atom stereocenters. The quantitative estimate of drug-likeness (QED) is 0.891. The van der Waals surface area contributed by atoms with E-state index in [-0.39, 0.29) is 12.5 Å². The number of amides is 1. The van der Waals surface area contributed by atoms with Crippen LogP contribution in [0.1, 0.15) is 23.2 Å². The van der Waals surface area contributed by atoms with Gasteiger partial charge in [0.1, 0.15) is 0 Å². The van der Waals surface area contributed by atoms with Crippen molar-refractivity contribution in [2.45, 2.75) is 12.8 Å². The number of carboxylic acid groups (broad SMARTS) is 1. The Morgan fingerprint density at radius 3 is 2.67 bits per heavy atom. The van der Waals surface area contributed by atoms with Crippen LogP contribution in [-0.2, 0) is 4.79 Å². The van der Waals surface area contributed by atoms with Crippen LogP contribution in [0.25, 0.3) is 0 Å². The zero-order chi connectivity index (χ0) is 13.3. The number of carbonyl (C=O) groups is 2. The second-order valence-electron chi connectivity index (χ2n) is 4.39. The molecular formula is C12H11BrClNO3. The number of nitrogens with one attached hydrogen (secondary N) is 1. The standard InChI is InChI=1S/C12H11BrClNO3/c13-9-2-1-7(14)5-8(9)10(16)15-6-12(3-4-12)11(17)18/h1-2,5H,3-4,6H2,(H,15,16)(H,17,18). The Bertz CT molecular complexity index is 514. The van der Waals surface area contributed by atoms with Crippen LogP contribution in [0.4, 0.5) is 0 Å². The van der Waals surface area contributed by atoms with Gasteiger partial charge in [0, 0.05) is 16.0 Å². The Labute approximate surface area is 117 Å². The van der Waals surface area contributed by atoms with Crippen LogP contribution < -0.4 is 5.32 Å². The van der Waals surface area contributed by atoms with Gasteiger partial charge in [-0.2, -0.15) is 0 Å². The SMILES string of the molecule is O=C(NCC1(C(=O)O)CC1)c1cc(Cl)ccc1Br. The smallest absolute Gasteiger partial charge is 0.311 e. The Morgan fingerprint density at radius 2 is 2.11 bits per heavy atom. The lowest BCUT2D eigenvalue weighted by Crippen LogP contribution is -2.34. The molecule has 18 heavy (non-hydrogen) atoms. The van der Waals surface area contributed by atoms with Crippen molar-refractivity contribution in [3.63, 3.8) is 0 Å². The van der Waals surface area contributed by atoms with Crippen molar-refractivity contribution >= 4 is 39.4 Å². The summed E-state index contributed by atoms with van der Waals surface area (Å²) >= 11 is 9.08. The molecule has 1 amide bonds. The third kappa shape index (κ3) is 2.67. The number of halogens is 2. The highest BCUT2D eigenvalue weighted by atomic mass is 79.9. The lowest BCUT2D eigenvalue weighted by atomic mass is 10.1. The Hall–Kier alpha value is -1.07. The monoisotopic (exact) mass is 331 g/mol. The molecule has 0 aliphatic heterocycles. The molecule has 0 atom stereocenters. The van der Waals surface area contributed by atoms with Gasteiger partial charge in [-0.25, -0.2) is 0 Å². The normalized spacial score (nSPS) is 16.1. The van der Waals surface area contributed by atoms with Crippen molar-refractivity contribution < 1.29 is 14.7 Å². The lowest BCUT2D eigenvalue weighted by molar-refractivity contribution is -0.143. The van der Waals surface area contributed by atoms with Gasteiger partial charge in [-0.3, -0.25) is 9.59 Å². The van der Waals surface area contributed by atoms with E-state index in [1.807, 2.05) is 0 Å². The molecule has 1 aliphatic rings. The van der Waals surface area contributed by atoms with Crippen molar-refractivity contribution in [3.8, 4) is 0 Å². The highest BCUT2D eigenvalue weighted by Gasteiger charge is 2.50. The summed E-state index contributed by atoms with van der Waals surface area (Å²) in [5.74, 6) is -1.18. The number of benzene rings is 1. The molecule has 0 spiro atoms. The zero-order valence-electron chi connectivity index (χ0n) is 9.37. The fraction of sp³-hybridized carbons (Fsp3) is 0.333. The number of hydrogen-bond acceptors (Lipinski definition) is 2. The van der Waals surface area contributed by atoms with E-state index in [1.165, 1.54) is 0 Å². The highest BCUT2D eigenvalue weighted by molar-refractivity contribution is 9.10. The van der Waals surface area contributed by atoms with Crippen LogP contribution in [0.5, 0.6) is 0 Å². The topological polar surface area (TPSA) is 66.4 Å². The molecule has 1 saturated carbocycles. The van der Waals surface area contributed by atoms with E-state index in [0.29, 0.717) is 27.9 Å². The molecule has 0 aromatic heterocycles. The Morgan fingerprint density at radius 1 is 1.44 bits per heavy atom. The maximum absolute atomic E-state index is 11.9. The number of carboxylic acids is 1. The fourth-order valence-corrected chi connectivity index (χ4v) is 2.23. The van der Waals surface area contributed by atoms with Crippen molar-refractivity contribution in [1.82, 2.24) is 5.32 Å². The van der Waals surface area contributed by atoms with Gasteiger partial charge in [0.25, 0.3) is 5.91 Å². The number of aliphatic carboxylic acids is 1. The van der Waals surface area contributed by atoms with Gasteiger partial charge < -0.3 is 10.4 Å². The first kappa shape index (κ1) is 13.4. The third-order valence-electron chi connectivity index (χ3n) is 3.07. The molecule has 96 valence electrons. The van der Waals surface area contributed by atoms with Gasteiger partial charge in [0.2, 0.25) is 0 Å². The van der Waals surface area contributed by atoms with Crippen LogP contribution in [0.3, 0.4) is 0 Å². The molecule has 1 aromatic rings. The van der Waals surface area contributed by atoms with E-state index in [2.05, 4.69) is 21.2 Å². The summed E-state index contributed by atoms with van der Waals surface area (Å²) in [6, 6.07) is 4.89. The van der Waals surface area contributed by atoms with Gasteiger partial charge in [-0.1, -0.05) is 11.6 Å². The molecular weight excluding hydrogens is 321 g/mol. The van der Waals surface area contributed by atoms with E-state index in [1.54, 1.807) is 18.2 Å². The van der Waals surface area contributed by atoms with Crippen LogP contribution in [0.15, 0.2) is 22.7 Å². The minimum absolute atomic E-state index is 0.153. The minimum atomic E-state index is -0.854. The first-order chi connectivity index (χ1) is 8.44. The molecule has 1 aromatic carbocycles. The summed E-state index contributed by atoms with van der Waals surface area (Å²) in [6.07, 6.45) is 1.22. The summed E-state index contributed by atoms with van der Waals surface area (Å²) < 4.78 is 0.629. The molecule has 0 saturated heterocycles. The second-order valence-corrected chi connectivity index (χ2v) is 5.68. The van der Waals surface area contributed by atoms with E-state index in [4.69, 9.17) is 16.7 Å². The molecule has 4 nitrogen and oxygen atoms in total. The summed E-state index contributed by atoms with van der Waals surface area (Å²) in [6.45, 7) is 0.153. The van der Waals surface area contributed by atoms with Crippen LogP contribution in [0.2, 0.25) is 5.02 Å². The second kappa shape index (κ2) is 4.90. The van der Waals surface area contributed by atoms with Gasteiger partial charge in [-0.15, -0.1) is 0 Å². The number of hydrogen-bond donors (Lipinski definition) is 2. The van der Waals surface area contributed by atoms with Crippen molar-refractivity contribution in [1.29, 1.82) is 0 Å². The molecule has 0 radical (unpaired) electrons. The Kier molecular flexibility index (Phi) is 3.64. The van der Waals surface area contributed by atoms with Gasteiger partial charge in [0.15, 0.2) is 0 Å². The maximum Gasteiger partial charge on any atom is 0.311 e. The van der Waals surface area contributed by atoms with E-state index >= 15 is 0 Å². The van der Waals surface area contributed by atoms with Crippen LogP contribution in [0, 0.1) is 5.41 Å². The summed E-state index contributed by atoms with van der Waals surface area (Å²) in [4.78, 5) is 22.9. The minimum Gasteiger partial charge on any atom is -0.481 e. The largest absolute Gasteiger partial charge is 0.481 e. The first-order valence-corrected chi connectivity index (χ1v) is 6.58. The van der Waals surface area contributed by atoms with E-state index in [0.717, 1.165) is 0 Å². The number of carbonyl (C=O) groups excluding carboxylic acids is 1. The van der Waals surface area contributed by atoms with E-state index < -0.39 is 11.4 Å². The predicted octanol–water partition coefficient (Wildman–Crippen LogP) is 2.70. The first-order valence-electron chi connectivity index (χ1n) is 5.41. The number of rotatable bonds is 4. The molecule has 6 heteroatoms. The summed E-state index contributed by atoms with van der Waals surface area (Å²) in [5, 5.41) is 12.1. The molecule has 0 bridgehead atoms. The van der Waals surface area contributed by atoms with Crippen LogP contribution >= 0.6 is 27.5 Å². The highest BCUT2D eigenvalue weighted by Crippen LogP contribution is 2.45. The summed E-state index contributed by atoms with van der Waals surface area (Å²) in [5.41, 5.74) is -0.357. The van der Waals surface area contributed by atoms with Crippen molar-refractivity contribution in [3.05, 3.63) is 33.3 Å². The molecule has 1 aliphatic carbocycles. The fourth-order valence-electron chi connectivity index (χ4n) is 1.63. The van der Waals surface area contributed by atoms with Gasteiger partial charge in [-0.05, 0) is 47.0 Å². The van der Waals surface area contributed by atoms with Gasteiger partial charge >= 0.3 is 5.97 Å². The summed E-state index contributed by atoms with van der Waals surface area (Å²) in [7, 11) is 0. The van der Waals surface area contributed by atoms with Crippen LogP contribution in [-0.4, -0.2) is 23.5 Å².